The fourth-order valence-electron chi connectivity index (χ4n) is 5.94. The molecule has 180 valence electrons. The number of nitrogens with one attached hydrogen (secondary N) is 2. The van der Waals surface area contributed by atoms with Crippen LogP contribution in [0.5, 0.6) is 0 Å². The van der Waals surface area contributed by atoms with Gasteiger partial charge in [0.1, 0.15) is 11.6 Å². The van der Waals surface area contributed by atoms with Crippen LogP contribution < -0.4 is 0 Å². The van der Waals surface area contributed by atoms with E-state index in [4.69, 9.17) is 15.0 Å². The molecule has 0 unspecified atom stereocenters. The minimum absolute atomic E-state index is 0.333. The lowest BCUT2D eigenvalue weighted by Crippen LogP contribution is -2.03. The van der Waals surface area contributed by atoms with E-state index in [1.807, 2.05) is 30.5 Å². The van der Waals surface area contributed by atoms with Crippen molar-refractivity contribution >= 4 is 54.1 Å². The van der Waals surface area contributed by atoms with Gasteiger partial charge in [0.15, 0.2) is 0 Å². The van der Waals surface area contributed by atoms with Crippen molar-refractivity contribution in [3.8, 4) is 21.7 Å². The average Bonchev–Trinajstić information content (AvgIpc) is 3.64. The number of H-pyrrole nitrogens is 2. The molecule has 0 radical (unpaired) electrons. The first kappa shape index (κ1) is 21.1. The summed E-state index contributed by atoms with van der Waals surface area (Å²) in [7, 11) is 0. The van der Waals surface area contributed by atoms with Crippen molar-refractivity contribution in [3.63, 3.8) is 0 Å². The minimum Gasteiger partial charge on any atom is -0.346 e. The molecule has 2 N–H and O–H groups in total. The van der Waals surface area contributed by atoms with Gasteiger partial charge >= 0.3 is 0 Å². The number of fused-ring (bicyclic) bond motifs is 11. The molecule has 0 atom stereocenters. The molecular formula is C31H25N5S. The fourth-order valence-corrected chi connectivity index (χ4v) is 7.18. The standard InChI is InChI=1S/C31H25N5S/c1-15(2)31-35-28-20-8-6-17(13-23(20)26-22(29(28)36-31)5-4-12-32-26)25-14-18-7-9-19-21(30(18)37-25)10-11-24-27(19)34-16(3)33-24/h4-9,12-15H,10-11H2,1-3H3,(H,33,34)(H,35,36). The van der Waals surface area contributed by atoms with E-state index in [1.54, 1.807) is 0 Å². The highest BCUT2D eigenvalue weighted by molar-refractivity contribution is 7.22. The van der Waals surface area contributed by atoms with Crippen LogP contribution >= 0.6 is 11.3 Å². The van der Waals surface area contributed by atoms with Gasteiger partial charge in [-0.05, 0) is 60.5 Å². The van der Waals surface area contributed by atoms with Gasteiger partial charge in [-0.3, -0.25) is 4.98 Å². The van der Waals surface area contributed by atoms with E-state index in [9.17, 15) is 0 Å². The van der Waals surface area contributed by atoms with Crippen LogP contribution in [0.1, 0.15) is 42.7 Å². The molecule has 4 heterocycles. The zero-order chi connectivity index (χ0) is 24.8. The highest BCUT2D eigenvalue weighted by Gasteiger charge is 2.23. The Bertz CT molecular complexity index is 2040. The van der Waals surface area contributed by atoms with Gasteiger partial charge in [-0.25, -0.2) is 9.97 Å². The third kappa shape index (κ3) is 2.99. The molecule has 8 rings (SSSR count). The Morgan fingerprint density at radius 3 is 2.70 bits per heavy atom. The normalized spacial score (nSPS) is 13.3. The lowest BCUT2D eigenvalue weighted by molar-refractivity contribution is 0.799. The molecule has 3 aromatic carbocycles. The van der Waals surface area contributed by atoms with E-state index in [-0.39, 0.29) is 0 Å². The van der Waals surface area contributed by atoms with Crippen molar-refractivity contribution in [2.75, 3.05) is 0 Å². The largest absolute Gasteiger partial charge is 0.346 e. The molecule has 0 bridgehead atoms. The molecule has 0 spiro atoms. The van der Waals surface area contributed by atoms with E-state index in [1.165, 1.54) is 42.7 Å². The topological polar surface area (TPSA) is 70.2 Å². The SMILES string of the molecule is Cc1nc2c([nH]1)CCc1c-2ccc2cc(-c3ccc4c(c3)c3ncccc3c3nc(C(C)C)[nH]c43)sc12. The first-order valence-corrected chi connectivity index (χ1v) is 13.7. The Hall–Kier alpha value is -4.03. The number of thiophene rings is 1. The molecule has 37 heavy (non-hydrogen) atoms. The summed E-state index contributed by atoms with van der Waals surface area (Å²) in [5.74, 6) is 2.34. The van der Waals surface area contributed by atoms with Crippen LogP contribution in [0, 0.1) is 6.92 Å². The van der Waals surface area contributed by atoms with Gasteiger partial charge in [-0.2, -0.15) is 0 Å². The summed E-state index contributed by atoms with van der Waals surface area (Å²) in [6, 6.07) is 17.8. The average molecular weight is 500 g/mol. The zero-order valence-corrected chi connectivity index (χ0v) is 21.8. The van der Waals surface area contributed by atoms with E-state index >= 15 is 0 Å². The molecule has 4 aromatic heterocycles. The maximum Gasteiger partial charge on any atom is 0.109 e. The molecule has 0 saturated heterocycles. The van der Waals surface area contributed by atoms with Gasteiger partial charge in [-0.1, -0.05) is 38.1 Å². The number of benzene rings is 3. The Balaban J connectivity index is 1.35. The highest BCUT2D eigenvalue weighted by atomic mass is 32.1. The Morgan fingerprint density at radius 1 is 0.892 bits per heavy atom. The van der Waals surface area contributed by atoms with Gasteiger partial charge in [-0.15, -0.1) is 11.3 Å². The lowest BCUT2D eigenvalue weighted by atomic mass is 9.91. The molecule has 7 aromatic rings. The summed E-state index contributed by atoms with van der Waals surface area (Å²) < 4.78 is 1.38. The minimum atomic E-state index is 0.333. The molecule has 1 aliphatic rings. The summed E-state index contributed by atoms with van der Waals surface area (Å²) in [4.78, 5) is 22.9. The Kier molecular flexibility index (Phi) is 4.27. The molecule has 6 heteroatoms. The van der Waals surface area contributed by atoms with Crippen LogP contribution in [0.15, 0.2) is 54.7 Å². The number of pyridine rings is 1. The molecule has 0 amide bonds. The van der Waals surface area contributed by atoms with Crippen molar-refractivity contribution in [3.05, 3.63) is 77.6 Å². The number of aromatic nitrogens is 5. The van der Waals surface area contributed by atoms with Gasteiger partial charge in [0.25, 0.3) is 0 Å². The summed E-state index contributed by atoms with van der Waals surface area (Å²) in [6.07, 6.45) is 3.94. The second-order valence-corrected chi connectivity index (χ2v) is 11.5. The maximum atomic E-state index is 4.96. The van der Waals surface area contributed by atoms with Crippen LogP contribution in [-0.2, 0) is 12.8 Å². The molecular weight excluding hydrogens is 474 g/mol. The van der Waals surface area contributed by atoms with E-state index in [2.05, 4.69) is 66.3 Å². The van der Waals surface area contributed by atoms with Gasteiger partial charge < -0.3 is 9.97 Å². The summed E-state index contributed by atoms with van der Waals surface area (Å²) in [6.45, 7) is 6.39. The molecule has 1 aliphatic carbocycles. The number of hydrogen-bond acceptors (Lipinski definition) is 4. The van der Waals surface area contributed by atoms with E-state index in [0.29, 0.717) is 5.92 Å². The first-order valence-electron chi connectivity index (χ1n) is 12.9. The molecule has 0 saturated carbocycles. The molecule has 0 aliphatic heterocycles. The maximum absolute atomic E-state index is 4.96. The van der Waals surface area contributed by atoms with Crippen LogP contribution in [0.4, 0.5) is 0 Å². The Labute approximate surface area is 217 Å². The predicted octanol–water partition coefficient (Wildman–Crippen LogP) is 8.07. The molecule has 5 nitrogen and oxygen atoms in total. The van der Waals surface area contributed by atoms with E-state index < -0.39 is 0 Å². The van der Waals surface area contributed by atoms with Gasteiger partial charge in [0, 0.05) is 49.1 Å². The second-order valence-electron chi connectivity index (χ2n) is 10.4. The number of aryl methyl sites for hydroxylation is 3. The number of aromatic amines is 2. The summed E-state index contributed by atoms with van der Waals surface area (Å²) in [5, 5.41) is 4.74. The predicted molar refractivity (Wildman–Crippen MR) is 154 cm³/mol. The number of nitrogens with zero attached hydrogens (tertiary/aromatic N) is 3. The lowest BCUT2D eigenvalue weighted by Gasteiger charge is -2.15. The number of imidazole rings is 2. The van der Waals surface area contributed by atoms with Crippen LogP contribution in [0.2, 0.25) is 0 Å². The summed E-state index contributed by atoms with van der Waals surface area (Å²) in [5.41, 5.74) is 9.45. The third-order valence-corrected chi connectivity index (χ3v) is 8.99. The van der Waals surface area contributed by atoms with Crippen molar-refractivity contribution < 1.29 is 0 Å². The highest BCUT2D eigenvalue weighted by Crippen LogP contribution is 2.43. The van der Waals surface area contributed by atoms with Crippen molar-refractivity contribution in [1.29, 1.82) is 0 Å². The second kappa shape index (κ2) is 7.49. The van der Waals surface area contributed by atoms with Crippen molar-refractivity contribution in [2.24, 2.45) is 0 Å². The zero-order valence-electron chi connectivity index (χ0n) is 20.9. The Morgan fingerprint density at radius 2 is 1.81 bits per heavy atom. The van der Waals surface area contributed by atoms with Gasteiger partial charge in [0.05, 0.1) is 22.2 Å². The van der Waals surface area contributed by atoms with Crippen molar-refractivity contribution in [1.82, 2.24) is 24.9 Å². The monoisotopic (exact) mass is 499 g/mol. The van der Waals surface area contributed by atoms with Crippen molar-refractivity contribution in [2.45, 2.75) is 39.5 Å². The smallest absolute Gasteiger partial charge is 0.109 e. The number of hydrogen-bond donors (Lipinski definition) is 2. The molecule has 0 fully saturated rings. The fraction of sp³-hybridized carbons (Fsp3) is 0.194. The summed E-state index contributed by atoms with van der Waals surface area (Å²) >= 11 is 1.89. The van der Waals surface area contributed by atoms with Crippen LogP contribution in [0.25, 0.3) is 64.5 Å². The van der Waals surface area contributed by atoms with E-state index in [0.717, 1.165) is 57.5 Å². The first-order chi connectivity index (χ1) is 18.0. The quantitative estimate of drug-likeness (QED) is 0.236. The van der Waals surface area contributed by atoms with Crippen LogP contribution in [0.3, 0.4) is 0 Å². The van der Waals surface area contributed by atoms with Crippen LogP contribution in [-0.4, -0.2) is 24.9 Å². The van der Waals surface area contributed by atoms with Gasteiger partial charge in [0.2, 0.25) is 0 Å². The number of rotatable bonds is 2. The third-order valence-electron chi connectivity index (χ3n) is 7.73.